The summed E-state index contributed by atoms with van der Waals surface area (Å²) < 4.78 is 15.8. The molecular formula is C25H38N2O6. The van der Waals surface area contributed by atoms with Crippen LogP contribution in [-0.4, -0.2) is 72.3 Å². The Morgan fingerprint density at radius 3 is 1.94 bits per heavy atom. The second kappa shape index (κ2) is 11.0. The van der Waals surface area contributed by atoms with Crippen LogP contribution < -0.4 is 0 Å². The second-order valence-electron chi connectivity index (χ2n) is 9.52. The van der Waals surface area contributed by atoms with Gasteiger partial charge < -0.3 is 19.1 Å². The molecule has 0 bridgehead atoms. The quantitative estimate of drug-likeness (QED) is 0.348. The van der Waals surface area contributed by atoms with E-state index in [0.717, 1.165) is 18.7 Å². The van der Waals surface area contributed by atoms with Crippen LogP contribution in [0.2, 0.25) is 0 Å². The highest BCUT2D eigenvalue weighted by atomic mass is 16.6. The Hall–Kier alpha value is -2.61. The van der Waals surface area contributed by atoms with Gasteiger partial charge in [-0.25, -0.2) is 4.79 Å². The molecule has 0 saturated carbocycles. The molecular weight excluding hydrogens is 424 g/mol. The first kappa shape index (κ1) is 26.6. The number of hydrogen-bond donors (Lipinski definition) is 0. The van der Waals surface area contributed by atoms with Crippen molar-refractivity contribution in [3.63, 3.8) is 0 Å². The average molecular weight is 463 g/mol. The number of piperazine rings is 1. The van der Waals surface area contributed by atoms with E-state index in [-0.39, 0.29) is 25.3 Å². The van der Waals surface area contributed by atoms with Crippen LogP contribution in [0.3, 0.4) is 0 Å². The van der Waals surface area contributed by atoms with E-state index >= 15 is 0 Å². The molecule has 0 aliphatic carbocycles. The predicted molar refractivity (Wildman–Crippen MR) is 125 cm³/mol. The van der Waals surface area contributed by atoms with Gasteiger partial charge in [0.25, 0.3) is 0 Å². The van der Waals surface area contributed by atoms with Gasteiger partial charge in [-0.3, -0.25) is 14.5 Å². The number of ether oxygens (including phenoxy) is 3. The highest BCUT2D eigenvalue weighted by Gasteiger charge is 2.46. The van der Waals surface area contributed by atoms with E-state index in [1.807, 2.05) is 39.8 Å². The predicted octanol–water partition coefficient (Wildman–Crippen LogP) is 3.51. The van der Waals surface area contributed by atoms with Crippen molar-refractivity contribution in [1.29, 1.82) is 0 Å². The van der Waals surface area contributed by atoms with Crippen LogP contribution in [0.25, 0.3) is 0 Å². The first-order valence-corrected chi connectivity index (χ1v) is 11.6. The zero-order valence-corrected chi connectivity index (χ0v) is 21.0. The maximum atomic E-state index is 12.6. The van der Waals surface area contributed by atoms with Crippen LogP contribution >= 0.6 is 0 Å². The lowest BCUT2D eigenvalue weighted by Gasteiger charge is -2.40. The highest BCUT2D eigenvalue weighted by molar-refractivity contribution is 6.05. The SMILES string of the molecule is CCOC(=O)C(C)(C(=O)OCC)c1ccc(CN2CCN(C(=O)OC(C)(C)C)[C@@H](C)C2)cc1. The van der Waals surface area contributed by atoms with E-state index < -0.39 is 23.0 Å². The van der Waals surface area contributed by atoms with Gasteiger partial charge in [0.05, 0.1) is 13.2 Å². The van der Waals surface area contributed by atoms with Crippen molar-refractivity contribution in [3.8, 4) is 0 Å². The smallest absolute Gasteiger partial charge is 0.410 e. The Balaban J connectivity index is 2.07. The van der Waals surface area contributed by atoms with E-state index in [4.69, 9.17) is 14.2 Å². The number of nitrogens with zero attached hydrogens (tertiary/aromatic N) is 2. The highest BCUT2D eigenvalue weighted by Crippen LogP contribution is 2.28. The van der Waals surface area contributed by atoms with Crippen LogP contribution in [0, 0.1) is 0 Å². The van der Waals surface area contributed by atoms with Gasteiger partial charge in [0, 0.05) is 32.2 Å². The van der Waals surface area contributed by atoms with Crippen molar-refractivity contribution in [1.82, 2.24) is 9.80 Å². The summed E-state index contributed by atoms with van der Waals surface area (Å²) in [6.45, 7) is 15.7. The molecule has 1 saturated heterocycles. The van der Waals surface area contributed by atoms with Gasteiger partial charge in [0.2, 0.25) is 0 Å². The largest absolute Gasteiger partial charge is 0.465 e. The van der Waals surface area contributed by atoms with E-state index in [1.54, 1.807) is 30.9 Å². The van der Waals surface area contributed by atoms with Gasteiger partial charge in [-0.15, -0.1) is 0 Å². The molecule has 1 aromatic rings. The Bertz CT molecular complexity index is 812. The summed E-state index contributed by atoms with van der Waals surface area (Å²) >= 11 is 0. The van der Waals surface area contributed by atoms with Crippen molar-refractivity contribution >= 4 is 18.0 Å². The molecule has 0 spiro atoms. The molecule has 0 unspecified atom stereocenters. The second-order valence-corrected chi connectivity index (χ2v) is 9.52. The van der Waals surface area contributed by atoms with Gasteiger partial charge in [0.1, 0.15) is 5.60 Å². The molecule has 184 valence electrons. The number of carbonyl (C=O) groups excluding carboxylic acids is 3. The molecule has 1 atom stereocenters. The van der Waals surface area contributed by atoms with Gasteiger partial charge in [-0.1, -0.05) is 24.3 Å². The topological polar surface area (TPSA) is 85.4 Å². The molecule has 1 aliphatic rings. The van der Waals surface area contributed by atoms with E-state index in [0.29, 0.717) is 18.7 Å². The summed E-state index contributed by atoms with van der Waals surface area (Å²) in [5.74, 6) is -1.24. The summed E-state index contributed by atoms with van der Waals surface area (Å²) in [6.07, 6.45) is -0.281. The molecule has 1 aromatic carbocycles. The number of hydrogen-bond acceptors (Lipinski definition) is 7. The molecule has 1 aliphatic heterocycles. The van der Waals surface area contributed by atoms with Gasteiger partial charge in [0.15, 0.2) is 5.41 Å². The number of esters is 2. The van der Waals surface area contributed by atoms with Gasteiger partial charge >= 0.3 is 18.0 Å². The van der Waals surface area contributed by atoms with E-state index in [9.17, 15) is 14.4 Å². The minimum absolute atomic E-state index is 0.0313. The monoisotopic (exact) mass is 462 g/mol. The van der Waals surface area contributed by atoms with Gasteiger partial charge in [-0.2, -0.15) is 0 Å². The van der Waals surface area contributed by atoms with E-state index in [2.05, 4.69) is 4.90 Å². The first-order chi connectivity index (χ1) is 15.4. The summed E-state index contributed by atoms with van der Waals surface area (Å²) in [5, 5.41) is 0. The number of amides is 1. The maximum absolute atomic E-state index is 12.6. The Morgan fingerprint density at radius 2 is 1.48 bits per heavy atom. The Labute approximate surface area is 197 Å². The standard InChI is InChI=1S/C25H38N2O6/c1-8-31-21(28)25(7,22(29)32-9-2)20-12-10-19(11-13-20)17-26-14-15-27(18(3)16-26)23(30)33-24(4,5)6/h10-13,18H,8-9,14-17H2,1-7H3/t18-/m0/s1. The Kier molecular flexibility index (Phi) is 8.89. The average Bonchev–Trinajstić information content (AvgIpc) is 2.72. The van der Waals surface area contributed by atoms with Crippen LogP contribution in [-0.2, 0) is 35.8 Å². The third-order valence-corrected chi connectivity index (χ3v) is 5.64. The molecule has 8 heteroatoms. The Morgan fingerprint density at radius 1 is 0.939 bits per heavy atom. The first-order valence-electron chi connectivity index (χ1n) is 11.6. The zero-order valence-electron chi connectivity index (χ0n) is 21.0. The molecule has 1 heterocycles. The summed E-state index contributed by atoms with van der Waals surface area (Å²) in [5.41, 5.74) is -0.451. The summed E-state index contributed by atoms with van der Waals surface area (Å²) in [4.78, 5) is 41.7. The number of rotatable bonds is 7. The fourth-order valence-corrected chi connectivity index (χ4v) is 3.84. The normalized spacial score (nSPS) is 17.4. The third-order valence-electron chi connectivity index (χ3n) is 5.64. The summed E-state index contributed by atoms with van der Waals surface area (Å²) in [7, 11) is 0. The molecule has 0 radical (unpaired) electrons. The maximum Gasteiger partial charge on any atom is 0.410 e. The van der Waals surface area contributed by atoms with E-state index in [1.165, 1.54) is 6.92 Å². The van der Waals surface area contributed by atoms with Crippen LogP contribution in [0.5, 0.6) is 0 Å². The van der Waals surface area contributed by atoms with Crippen molar-refractivity contribution in [2.24, 2.45) is 0 Å². The molecule has 0 aromatic heterocycles. The molecule has 0 N–H and O–H groups in total. The minimum Gasteiger partial charge on any atom is -0.465 e. The lowest BCUT2D eigenvalue weighted by atomic mass is 9.82. The molecule has 33 heavy (non-hydrogen) atoms. The molecule has 1 fully saturated rings. The fraction of sp³-hybridized carbons (Fsp3) is 0.640. The lowest BCUT2D eigenvalue weighted by molar-refractivity contribution is -0.163. The van der Waals surface area contributed by atoms with Crippen LogP contribution in [0.1, 0.15) is 59.6 Å². The van der Waals surface area contributed by atoms with Crippen LogP contribution in [0.15, 0.2) is 24.3 Å². The molecule has 2 rings (SSSR count). The molecule has 1 amide bonds. The third kappa shape index (κ3) is 6.69. The van der Waals surface area contributed by atoms with Crippen molar-refractivity contribution < 1.29 is 28.6 Å². The number of benzene rings is 1. The van der Waals surface area contributed by atoms with Crippen LogP contribution in [0.4, 0.5) is 4.79 Å². The zero-order chi connectivity index (χ0) is 24.8. The van der Waals surface area contributed by atoms with Gasteiger partial charge in [-0.05, 0) is 59.6 Å². The fourth-order valence-electron chi connectivity index (χ4n) is 3.84. The number of carbonyl (C=O) groups is 3. The van der Waals surface area contributed by atoms with Crippen molar-refractivity contribution in [2.75, 3.05) is 32.8 Å². The van der Waals surface area contributed by atoms with Crippen molar-refractivity contribution in [2.45, 2.75) is 72.1 Å². The summed E-state index contributed by atoms with van der Waals surface area (Å²) in [6, 6.07) is 7.42. The van der Waals surface area contributed by atoms with Crippen molar-refractivity contribution in [3.05, 3.63) is 35.4 Å². The lowest BCUT2D eigenvalue weighted by Crippen LogP contribution is -2.54. The molecule has 8 nitrogen and oxygen atoms in total. The minimum atomic E-state index is -1.52.